The molecule has 8 nitrogen and oxygen atoms in total. The molecule has 0 spiro atoms. The number of hydrogen-bond donors (Lipinski definition) is 1. The largest absolute Gasteiger partial charge is 0.461 e. The number of nitrogens with two attached hydrogens (primary N) is 1. The Bertz CT molecular complexity index is 1170. The quantitative estimate of drug-likeness (QED) is 0.0986. The molecular weight excluding hydrogens is 594 g/mol. The fourth-order valence-electron chi connectivity index (χ4n) is 5.73. The Balaban J connectivity index is 0.000000235. The number of carbonyl (C=O) groups is 3. The monoisotopic (exact) mass is 639 g/mol. The number of halogens is 1. The lowest BCUT2D eigenvalue weighted by Gasteiger charge is -2.25. The van der Waals surface area contributed by atoms with Crippen molar-refractivity contribution in [2.45, 2.75) is 70.9 Å². The highest BCUT2D eigenvalue weighted by Crippen LogP contribution is 2.32. The van der Waals surface area contributed by atoms with Crippen LogP contribution in [0.2, 0.25) is 0 Å². The maximum absolute atomic E-state index is 12.2. The van der Waals surface area contributed by atoms with Crippen LogP contribution >= 0.6 is 11.8 Å². The highest BCUT2D eigenvalue weighted by atomic mass is 35.5. The molecule has 9 heteroatoms. The summed E-state index contributed by atoms with van der Waals surface area (Å²) in [4.78, 5) is 34.4. The van der Waals surface area contributed by atoms with Gasteiger partial charge in [0.25, 0.3) is 0 Å². The fraction of sp³-hybridized carbons (Fsp3) is 0.472. The second-order valence-corrected chi connectivity index (χ2v) is 11.4. The van der Waals surface area contributed by atoms with E-state index in [9.17, 15) is 14.4 Å². The predicted octanol–water partition coefficient (Wildman–Crippen LogP) is 6.86. The van der Waals surface area contributed by atoms with Crippen molar-refractivity contribution in [1.29, 1.82) is 0 Å². The molecule has 3 fully saturated rings. The van der Waals surface area contributed by atoms with E-state index in [1.807, 2.05) is 72.8 Å². The average molecular weight is 640 g/mol. The predicted molar refractivity (Wildman–Crippen MR) is 173 cm³/mol. The molecule has 3 aliphatic rings. The molecule has 0 aromatic heterocycles. The van der Waals surface area contributed by atoms with Crippen molar-refractivity contribution in [2.24, 2.45) is 28.9 Å². The van der Waals surface area contributed by atoms with E-state index in [0.29, 0.717) is 38.3 Å². The topological polar surface area (TPSA) is 114 Å². The van der Waals surface area contributed by atoms with Gasteiger partial charge in [0.05, 0.1) is 25.0 Å². The fourth-order valence-corrected chi connectivity index (χ4v) is 5.73. The van der Waals surface area contributed by atoms with Gasteiger partial charge in [0.1, 0.15) is 19.5 Å². The van der Waals surface area contributed by atoms with E-state index in [2.05, 4.69) is 23.1 Å². The summed E-state index contributed by atoms with van der Waals surface area (Å²) in [5.41, 5.74) is 2.05. The van der Waals surface area contributed by atoms with Crippen LogP contribution in [0.3, 0.4) is 0 Å². The van der Waals surface area contributed by atoms with Crippen LogP contribution in [0.5, 0.6) is 0 Å². The van der Waals surface area contributed by atoms with E-state index in [0.717, 1.165) is 68.8 Å². The number of carbonyl (C=O) groups excluding carboxylic acids is 3. The molecule has 1 heterocycles. The van der Waals surface area contributed by atoms with Crippen LogP contribution in [0.1, 0.15) is 62.5 Å². The van der Waals surface area contributed by atoms with Crippen molar-refractivity contribution >= 4 is 30.0 Å². The van der Waals surface area contributed by atoms with Crippen molar-refractivity contribution in [2.75, 3.05) is 13.2 Å². The summed E-state index contributed by atoms with van der Waals surface area (Å²) in [5, 5.41) is 3.97. The van der Waals surface area contributed by atoms with Gasteiger partial charge in [-0.05, 0) is 98.3 Å². The first kappa shape index (κ1) is 36.2. The smallest absolute Gasteiger partial charge is 0.309 e. The van der Waals surface area contributed by atoms with E-state index >= 15 is 0 Å². The molecule has 0 unspecified atom stereocenters. The normalized spacial score (nSPS) is 23.3. The third-order valence-electron chi connectivity index (χ3n) is 8.31. The maximum Gasteiger partial charge on any atom is 0.309 e. The molecule has 1 aliphatic heterocycles. The molecule has 5 rings (SSSR count). The van der Waals surface area contributed by atoms with Crippen molar-refractivity contribution in [3.8, 4) is 0 Å². The number of esters is 2. The summed E-state index contributed by atoms with van der Waals surface area (Å²) >= 11 is 4.14. The molecule has 2 aromatic rings. The molecule has 2 aromatic carbocycles. The summed E-state index contributed by atoms with van der Waals surface area (Å²) < 4.78 is 21.6. The van der Waals surface area contributed by atoms with Gasteiger partial charge in [-0.15, -0.1) is 0 Å². The Morgan fingerprint density at radius 2 is 1.09 bits per heavy atom. The van der Waals surface area contributed by atoms with Crippen LogP contribution in [0.25, 0.3) is 0 Å². The lowest BCUT2D eigenvalue weighted by atomic mass is 9.82. The van der Waals surface area contributed by atoms with Crippen LogP contribution in [-0.2, 0) is 46.5 Å². The molecule has 0 bridgehead atoms. The number of rotatable bonds is 10. The second kappa shape index (κ2) is 21.4. The summed E-state index contributed by atoms with van der Waals surface area (Å²) in [6, 6.07) is 19.5. The molecule has 2 aliphatic carbocycles. The van der Waals surface area contributed by atoms with Crippen LogP contribution in [0.15, 0.2) is 85.0 Å². The van der Waals surface area contributed by atoms with Gasteiger partial charge in [-0.1, -0.05) is 72.8 Å². The molecular formula is C36H46ClNO7. The Labute approximate surface area is 272 Å². The van der Waals surface area contributed by atoms with Gasteiger partial charge < -0.3 is 18.9 Å². The average Bonchev–Trinajstić information content (AvgIpc) is 3.64. The minimum absolute atomic E-state index is 0.0135. The number of allylic oxidation sites excluding steroid dienone is 3. The zero-order valence-electron chi connectivity index (χ0n) is 25.8. The van der Waals surface area contributed by atoms with E-state index in [4.69, 9.17) is 18.9 Å². The number of hydrogen-bond acceptors (Lipinski definition) is 8. The van der Waals surface area contributed by atoms with E-state index < -0.39 is 0 Å². The van der Waals surface area contributed by atoms with Gasteiger partial charge in [-0.2, -0.15) is 0 Å². The summed E-state index contributed by atoms with van der Waals surface area (Å²) in [6.45, 7) is 2.07. The van der Waals surface area contributed by atoms with Gasteiger partial charge in [-0.3, -0.25) is 14.4 Å². The lowest BCUT2D eigenvalue weighted by molar-refractivity contribution is -0.152. The van der Waals surface area contributed by atoms with Crippen LogP contribution in [0.4, 0.5) is 0 Å². The van der Waals surface area contributed by atoms with Gasteiger partial charge in [0.2, 0.25) is 0 Å². The molecule has 0 amide bonds. The number of ether oxygens (including phenoxy) is 4. The minimum atomic E-state index is -0.177. The van der Waals surface area contributed by atoms with Gasteiger partial charge >= 0.3 is 11.9 Å². The lowest BCUT2D eigenvalue weighted by Crippen LogP contribution is -2.23. The number of aldehydes is 1. The molecule has 2 saturated carbocycles. The zero-order valence-corrected chi connectivity index (χ0v) is 26.6. The summed E-state index contributed by atoms with van der Waals surface area (Å²) in [6.07, 6.45) is 15.8. The first-order valence-electron chi connectivity index (χ1n) is 15.8. The maximum atomic E-state index is 12.2. The number of benzene rings is 2. The van der Waals surface area contributed by atoms with Crippen molar-refractivity contribution in [3.63, 3.8) is 0 Å². The highest BCUT2D eigenvalue weighted by Gasteiger charge is 2.27. The minimum Gasteiger partial charge on any atom is -0.461 e. The Kier molecular flexibility index (Phi) is 17.2. The third-order valence-corrected chi connectivity index (χ3v) is 8.31. The zero-order chi connectivity index (χ0) is 32.1. The van der Waals surface area contributed by atoms with Gasteiger partial charge in [0.15, 0.2) is 6.29 Å². The van der Waals surface area contributed by atoms with Crippen molar-refractivity contribution in [1.82, 2.24) is 0 Å². The highest BCUT2D eigenvalue weighted by molar-refractivity contribution is 6.11. The Morgan fingerprint density at radius 3 is 1.51 bits per heavy atom. The summed E-state index contributed by atoms with van der Waals surface area (Å²) in [5.74, 6) is 0.853. The van der Waals surface area contributed by atoms with Crippen LogP contribution in [0, 0.1) is 23.7 Å². The molecule has 45 heavy (non-hydrogen) atoms. The first-order valence-corrected chi connectivity index (χ1v) is 16.2. The van der Waals surface area contributed by atoms with Crippen LogP contribution in [-0.4, -0.2) is 37.7 Å². The van der Waals surface area contributed by atoms with Gasteiger partial charge in [0, 0.05) is 0 Å². The van der Waals surface area contributed by atoms with Crippen molar-refractivity contribution in [3.05, 3.63) is 96.1 Å². The Morgan fingerprint density at radius 1 is 0.667 bits per heavy atom. The standard InChI is InChI=1S/C19H24O4.C17H20O3.ClH2N/c20-19(23-14-16-4-2-1-3-5-16)17-9-6-15(7-10-17)8-11-18-21-12-13-22-18;18-12-4-7-14-8-10-16(11-9-14)17(19)20-13-15-5-2-1-3-6-15;1-2/h1-5,8,11,15,17-18H,6-7,9-10,12-14H2;1-7,12,14,16H,8-11,13H2;2H2/b11-8+;7-4+;. The van der Waals surface area contributed by atoms with E-state index in [1.54, 1.807) is 6.08 Å². The van der Waals surface area contributed by atoms with E-state index in [-0.39, 0.29) is 30.1 Å². The first-order chi connectivity index (χ1) is 22.1. The third kappa shape index (κ3) is 13.7. The van der Waals surface area contributed by atoms with Crippen LogP contribution < -0.4 is 5.25 Å². The molecule has 2 N–H and O–H groups in total. The Hall–Kier alpha value is -3.30. The molecule has 0 radical (unpaired) electrons. The van der Waals surface area contributed by atoms with Crippen molar-refractivity contribution < 1.29 is 33.3 Å². The molecule has 244 valence electrons. The molecule has 0 atom stereocenters. The van der Waals surface area contributed by atoms with Gasteiger partial charge in [-0.25, -0.2) is 5.25 Å². The second-order valence-electron chi connectivity index (χ2n) is 11.4. The molecule has 1 saturated heterocycles. The summed E-state index contributed by atoms with van der Waals surface area (Å²) in [7, 11) is 0. The SMILES string of the molecule is NCl.O=C(OCc1ccccc1)C1CCC(/C=C/C2OCCO2)CC1.O=C/C=C/C1CCC(C(=O)OCc2ccccc2)CC1. The van der Waals surface area contributed by atoms with E-state index in [1.165, 1.54) is 0 Å².